The van der Waals surface area contributed by atoms with Crippen molar-refractivity contribution < 1.29 is 39.5 Å². The maximum atomic E-state index is 12.8. The number of H-pyrrole nitrogens is 1. The Morgan fingerprint density at radius 2 is 1.63 bits per heavy atom. The van der Waals surface area contributed by atoms with Gasteiger partial charge < -0.3 is 9.72 Å². The van der Waals surface area contributed by atoms with Gasteiger partial charge in [0.15, 0.2) is 11.9 Å². The van der Waals surface area contributed by atoms with Gasteiger partial charge >= 0.3 is 21.7 Å². The smallest absolute Gasteiger partial charge is 0.481 e. The zero-order chi connectivity index (χ0) is 27.7. The molecule has 198 valence electrons. The summed E-state index contributed by atoms with van der Waals surface area (Å²) in [5, 5.41) is 0. The number of nitrogens with zero attached hydrogens (tertiary/aromatic N) is 1. The molecule has 1 atom stereocenters. The minimum absolute atomic E-state index is 0.0365. The number of hydrogen-bond acceptors (Lipinski definition) is 4. The van der Waals surface area contributed by atoms with Crippen LogP contribution in [0, 0.1) is 11.8 Å². The molecule has 1 aromatic heterocycles. The van der Waals surface area contributed by atoms with Crippen LogP contribution < -0.4 is 9.46 Å². The molecule has 0 aliphatic rings. The highest BCUT2D eigenvalue weighted by Gasteiger charge is 2.46. The van der Waals surface area contributed by atoms with Crippen molar-refractivity contribution in [2.24, 2.45) is 0 Å². The molecule has 13 heteroatoms. The van der Waals surface area contributed by atoms with E-state index in [1.165, 1.54) is 42.5 Å². The monoisotopic (exact) mass is 553 g/mol. The van der Waals surface area contributed by atoms with Gasteiger partial charge in [0.1, 0.15) is 5.75 Å². The summed E-state index contributed by atoms with van der Waals surface area (Å²) in [6.07, 6.45) is -6.45. The van der Waals surface area contributed by atoms with Crippen molar-refractivity contribution in [3.63, 3.8) is 0 Å². The summed E-state index contributed by atoms with van der Waals surface area (Å²) in [4.78, 5) is 7.29. The molecule has 3 aromatic carbocycles. The summed E-state index contributed by atoms with van der Waals surface area (Å²) in [6.45, 7) is 0.903. The van der Waals surface area contributed by atoms with E-state index in [-0.39, 0.29) is 22.8 Å². The Hall–Kier alpha value is -4.18. The van der Waals surface area contributed by atoms with E-state index in [4.69, 9.17) is 4.74 Å². The Kier molecular flexibility index (Phi) is 7.03. The highest BCUT2D eigenvalue weighted by molar-refractivity contribution is 7.93. The van der Waals surface area contributed by atoms with Crippen molar-refractivity contribution in [2.75, 3.05) is 4.72 Å². The van der Waals surface area contributed by atoms with E-state index in [0.717, 1.165) is 6.92 Å². The van der Waals surface area contributed by atoms with Gasteiger partial charge in [-0.3, -0.25) is 4.72 Å². The second-order valence-corrected chi connectivity index (χ2v) is 9.66. The van der Waals surface area contributed by atoms with Crippen molar-refractivity contribution in [3.8, 4) is 28.7 Å². The number of rotatable bonds is 5. The number of benzene rings is 3. The molecular weight excluding hydrogens is 536 g/mol. The largest absolute Gasteiger partial charge is 0.516 e. The number of anilines is 1. The van der Waals surface area contributed by atoms with Gasteiger partial charge in [0.2, 0.25) is 0 Å². The number of fused-ring (bicyclic) bond motifs is 1. The highest BCUT2D eigenvalue weighted by Crippen LogP contribution is 2.33. The van der Waals surface area contributed by atoms with Crippen molar-refractivity contribution in [3.05, 3.63) is 78.1 Å². The number of hydrogen-bond donors (Lipinski definition) is 2. The molecule has 4 rings (SSSR count). The molecule has 0 aliphatic heterocycles. The van der Waals surface area contributed by atoms with Crippen molar-refractivity contribution >= 4 is 26.7 Å². The van der Waals surface area contributed by atoms with Crippen LogP contribution in [-0.2, 0) is 10.0 Å². The van der Waals surface area contributed by atoms with E-state index >= 15 is 0 Å². The van der Waals surface area contributed by atoms with E-state index in [1.807, 2.05) is 0 Å². The third kappa shape index (κ3) is 6.03. The van der Waals surface area contributed by atoms with E-state index in [1.54, 1.807) is 29.0 Å². The molecule has 4 aromatic rings. The molecular formula is C25H17F6N3O3S. The third-order valence-electron chi connectivity index (χ3n) is 5.22. The molecule has 0 spiro atoms. The fraction of sp³-hybridized carbons (Fsp3) is 0.160. The molecule has 0 saturated heterocycles. The summed E-state index contributed by atoms with van der Waals surface area (Å²) in [5.41, 5.74) is -3.61. The maximum Gasteiger partial charge on any atom is 0.516 e. The number of aromatic amines is 1. The summed E-state index contributed by atoms with van der Waals surface area (Å²) >= 11 is 0. The van der Waals surface area contributed by atoms with Gasteiger partial charge in [0.05, 0.1) is 16.7 Å². The number of aromatic nitrogens is 2. The number of nitrogens with one attached hydrogen (secondary N) is 2. The molecule has 1 heterocycles. The number of sulfonamides is 1. The van der Waals surface area contributed by atoms with Gasteiger partial charge in [-0.2, -0.15) is 34.8 Å². The van der Waals surface area contributed by atoms with Gasteiger partial charge in [-0.05, 0) is 60.9 Å². The van der Waals surface area contributed by atoms with Gasteiger partial charge in [0.25, 0.3) is 0 Å². The first-order valence-corrected chi connectivity index (χ1v) is 12.2. The Morgan fingerprint density at radius 3 is 2.29 bits per heavy atom. The SMILES string of the molecule is CC(Oc1ccc(C#Cc2nc3ccc(-c4ccccc4NS(=O)(=O)C(F)(F)F)cc3[nH]2)cc1)C(F)(F)F. The summed E-state index contributed by atoms with van der Waals surface area (Å²) < 4.78 is 106. The number of imidazole rings is 1. The Labute approximate surface area is 212 Å². The van der Waals surface area contributed by atoms with Crippen LogP contribution in [0.4, 0.5) is 32.0 Å². The van der Waals surface area contributed by atoms with Crippen LogP contribution in [-0.4, -0.2) is 36.2 Å². The average Bonchev–Trinajstić information content (AvgIpc) is 3.24. The summed E-state index contributed by atoms with van der Waals surface area (Å²) in [6, 6.07) is 16.1. The van der Waals surface area contributed by atoms with Crippen LogP contribution >= 0.6 is 0 Å². The standard InChI is InChI=1S/C25H17F6N3O3S/c1-15(24(26,27)28)37-18-10-6-16(7-11-18)8-13-23-32-21-12-9-17(14-22(21)33-23)19-4-2-3-5-20(19)34-38(35,36)25(29,30)31/h2-7,9-12,14-15,34H,1H3,(H,32,33). The lowest BCUT2D eigenvalue weighted by atomic mass is 10.0. The number of ether oxygens (including phenoxy) is 1. The van der Waals surface area contributed by atoms with Gasteiger partial charge in [0, 0.05) is 11.1 Å². The minimum Gasteiger partial charge on any atom is -0.481 e. The van der Waals surface area contributed by atoms with E-state index in [0.29, 0.717) is 22.2 Å². The predicted molar refractivity (Wildman–Crippen MR) is 129 cm³/mol. The molecule has 0 fully saturated rings. The molecule has 38 heavy (non-hydrogen) atoms. The lowest BCUT2D eigenvalue weighted by Crippen LogP contribution is -2.31. The van der Waals surface area contributed by atoms with E-state index in [9.17, 15) is 34.8 Å². The van der Waals surface area contributed by atoms with Crippen molar-refractivity contribution in [2.45, 2.75) is 24.7 Å². The molecule has 6 nitrogen and oxygen atoms in total. The molecule has 0 aliphatic carbocycles. The predicted octanol–water partition coefficient (Wildman–Crippen LogP) is 6.22. The van der Waals surface area contributed by atoms with Crippen LogP contribution in [0.25, 0.3) is 22.2 Å². The van der Waals surface area contributed by atoms with Crippen LogP contribution in [0.3, 0.4) is 0 Å². The second-order valence-electron chi connectivity index (χ2n) is 7.99. The van der Waals surface area contributed by atoms with Gasteiger partial charge in [-0.15, -0.1) is 0 Å². The van der Waals surface area contributed by atoms with Crippen molar-refractivity contribution in [1.29, 1.82) is 0 Å². The quantitative estimate of drug-likeness (QED) is 0.227. The van der Waals surface area contributed by atoms with E-state index in [2.05, 4.69) is 21.8 Å². The zero-order valence-corrected chi connectivity index (χ0v) is 20.1. The molecule has 1 unspecified atom stereocenters. The highest BCUT2D eigenvalue weighted by atomic mass is 32.2. The molecule has 0 bridgehead atoms. The van der Waals surface area contributed by atoms with Gasteiger partial charge in [-0.25, -0.2) is 4.98 Å². The summed E-state index contributed by atoms with van der Waals surface area (Å²) in [5.74, 6) is 5.92. The Morgan fingerprint density at radius 1 is 0.947 bits per heavy atom. The number of halogens is 6. The second kappa shape index (κ2) is 9.94. The topological polar surface area (TPSA) is 84.1 Å². The zero-order valence-electron chi connectivity index (χ0n) is 19.3. The van der Waals surface area contributed by atoms with E-state index < -0.39 is 27.8 Å². The Bertz CT molecular complexity index is 1630. The van der Waals surface area contributed by atoms with Gasteiger partial charge in [-0.1, -0.05) is 30.2 Å². The molecule has 0 saturated carbocycles. The number of alkyl halides is 6. The van der Waals surface area contributed by atoms with Crippen LogP contribution in [0.15, 0.2) is 66.7 Å². The minimum atomic E-state index is -5.62. The van der Waals surface area contributed by atoms with Crippen LogP contribution in [0.2, 0.25) is 0 Å². The first kappa shape index (κ1) is 26.9. The molecule has 0 amide bonds. The summed E-state index contributed by atoms with van der Waals surface area (Å²) in [7, 11) is -5.62. The normalized spacial score (nSPS) is 13.0. The average molecular weight is 553 g/mol. The van der Waals surface area contributed by atoms with Crippen LogP contribution in [0.1, 0.15) is 18.3 Å². The first-order chi connectivity index (χ1) is 17.7. The fourth-order valence-electron chi connectivity index (χ4n) is 3.28. The van der Waals surface area contributed by atoms with Crippen LogP contribution in [0.5, 0.6) is 5.75 Å². The maximum absolute atomic E-state index is 12.8. The van der Waals surface area contributed by atoms with Crippen molar-refractivity contribution in [1.82, 2.24) is 9.97 Å². The molecule has 2 N–H and O–H groups in total. The first-order valence-electron chi connectivity index (χ1n) is 10.8. The number of para-hydroxylation sites is 1. The third-order valence-corrected chi connectivity index (χ3v) is 6.32. The lowest BCUT2D eigenvalue weighted by Gasteiger charge is -2.17. The lowest BCUT2D eigenvalue weighted by molar-refractivity contribution is -0.189. The fourth-order valence-corrected chi connectivity index (χ4v) is 3.87. The Balaban J connectivity index is 1.56. The molecule has 0 radical (unpaired) electrons.